The van der Waals surface area contributed by atoms with Crippen LogP contribution in [-0.4, -0.2) is 21.5 Å². The fourth-order valence-corrected chi connectivity index (χ4v) is 9.40. The number of hydrogen-bond acceptors (Lipinski definition) is 3. The summed E-state index contributed by atoms with van der Waals surface area (Å²) in [6, 6.07) is 64.5. The number of rotatable bonds is 5. The molecule has 2 aliphatic rings. The van der Waals surface area contributed by atoms with Gasteiger partial charge in [0.2, 0.25) is 0 Å². The molecular formula is C51H37N4OPt-. The number of aromatic nitrogens is 2. The number of nitrogens with zero attached hydrogens (tertiary/aromatic N) is 4. The van der Waals surface area contributed by atoms with Crippen molar-refractivity contribution in [1.29, 1.82) is 0 Å². The van der Waals surface area contributed by atoms with Gasteiger partial charge in [-0.15, -0.1) is 38.8 Å². The van der Waals surface area contributed by atoms with Crippen LogP contribution in [-0.2, 0) is 26.5 Å². The van der Waals surface area contributed by atoms with Crippen molar-refractivity contribution < 1.29 is 26.0 Å². The molecule has 5 nitrogen and oxygen atoms in total. The summed E-state index contributed by atoms with van der Waals surface area (Å²) in [4.78, 5) is 9.98. The number of benzene rings is 7. The molecule has 11 rings (SSSR count). The largest absolute Gasteiger partial charge is 0.319 e. The second kappa shape index (κ2) is 13.4. The zero-order valence-electron chi connectivity index (χ0n) is 31.6. The molecule has 57 heavy (non-hydrogen) atoms. The van der Waals surface area contributed by atoms with Crippen LogP contribution in [0.3, 0.4) is 0 Å². The first-order valence-electron chi connectivity index (χ1n) is 19.1. The van der Waals surface area contributed by atoms with Crippen molar-refractivity contribution in [2.45, 2.75) is 19.3 Å². The molecule has 1 N–H and O–H groups in total. The number of fused-ring (bicyclic) bond motifs is 7. The number of anilines is 3. The fraction of sp³-hybridized carbons (Fsp3) is 0.0784. The smallest absolute Gasteiger partial charge is 0.145 e. The summed E-state index contributed by atoms with van der Waals surface area (Å²) in [5.74, 6) is 0.859. The molecule has 2 aromatic heterocycles. The molecule has 0 saturated carbocycles. The van der Waals surface area contributed by atoms with Crippen LogP contribution in [0.1, 0.15) is 33.4 Å². The average molecular weight is 917 g/mol. The van der Waals surface area contributed by atoms with Gasteiger partial charge in [0.05, 0.1) is 7.05 Å². The van der Waals surface area contributed by atoms with Crippen LogP contribution in [0.5, 0.6) is 0 Å². The van der Waals surface area contributed by atoms with Crippen LogP contribution in [0.15, 0.2) is 164 Å². The van der Waals surface area contributed by atoms with Gasteiger partial charge in [0.15, 0.2) is 0 Å². The van der Waals surface area contributed by atoms with Crippen molar-refractivity contribution in [1.82, 2.24) is 9.55 Å². The first-order valence-corrected chi connectivity index (χ1v) is 19.1. The minimum absolute atomic E-state index is 0. The summed E-state index contributed by atoms with van der Waals surface area (Å²) in [6.07, 6.45) is 1.94. The van der Waals surface area contributed by atoms with Crippen molar-refractivity contribution in [2.75, 3.05) is 17.2 Å². The quantitative estimate of drug-likeness (QED) is 0.128. The van der Waals surface area contributed by atoms with Gasteiger partial charge in [-0.05, 0) is 94.1 Å². The Morgan fingerprint density at radius 2 is 1.25 bits per heavy atom. The van der Waals surface area contributed by atoms with Gasteiger partial charge in [-0.3, -0.25) is 0 Å². The van der Waals surface area contributed by atoms with Crippen LogP contribution in [0.25, 0.3) is 49.9 Å². The minimum atomic E-state index is -0.725. The van der Waals surface area contributed by atoms with E-state index < -0.39 is 5.41 Å². The van der Waals surface area contributed by atoms with Gasteiger partial charge in [-0.2, -0.15) is 35.3 Å². The van der Waals surface area contributed by atoms with Gasteiger partial charge < -0.3 is 4.57 Å². The topological polar surface area (TPSA) is 37.1 Å². The van der Waals surface area contributed by atoms with E-state index in [0.717, 1.165) is 61.4 Å². The van der Waals surface area contributed by atoms with Gasteiger partial charge >= 0.3 is 0 Å². The fourth-order valence-electron chi connectivity index (χ4n) is 9.40. The van der Waals surface area contributed by atoms with Crippen LogP contribution in [0.4, 0.5) is 17.1 Å². The van der Waals surface area contributed by atoms with E-state index in [4.69, 9.17) is 9.92 Å². The Morgan fingerprint density at radius 3 is 2.02 bits per heavy atom. The maximum absolute atomic E-state index is 5.04. The van der Waals surface area contributed by atoms with Crippen molar-refractivity contribution in [2.24, 2.45) is 0 Å². The summed E-state index contributed by atoms with van der Waals surface area (Å²) in [6.45, 7) is 4.36. The van der Waals surface area contributed by atoms with Gasteiger partial charge in [-0.25, -0.2) is 4.98 Å². The molecule has 1 aliphatic carbocycles. The van der Waals surface area contributed by atoms with E-state index in [2.05, 4.69) is 188 Å². The zero-order chi connectivity index (χ0) is 37.5. The van der Waals surface area contributed by atoms with E-state index in [1.807, 2.05) is 23.4 Å². The minimum Gasteiger partial charge on any atom is -0.319 e. The van der Waals surface area contributed by atoms with E-state index in [9.17, 15) is 0 Å². The van der Waals surface area contributed by atoms with Gasteiger partial charge in [-0.1, -0.05) is 103 Å². The third kappa shape index (κ3) is 5.12. The standard InChI is InChI=1S/C51H36N4O.Pt/c1-33-14-12-15-34(2)50(33)35-28-29-52-49(30-35)54-45-23-9-6-20-41(45)42-27-26-37(32-48(42)54)51(43-21-7-4-18-39(43)40-19-5-8-22-44(40)51)36-16-13-17-38(31-36)55-47-25-11-10-24-46(47)53(3)56-55;/h4-30H,1-3H3;/q-2;/p+1. The molecule has 0 unspecified atom stereocenters. The molecule has 0 atom stereocenters. The van der Waals surface area contributed by atoms with Crippen LogP contribution >= 0.6 is 0 Å². The van der Waals surface area contributed by atoms with Crippen molar-refractivity contribution in [3.05, 3.63) is 209 Å². The van der Waals surface area contributed by atoms with Gasteiger partial charge in [0.25, 0.3) is 0 Å². The van der Waals surface area contributed by atoms with E-state index in [1.165, 1.54) is 38.9 Å². The molecule has 0 spiro atoms. The monoisotopic (exact) mass is 916 g/mol. The second-order valence-corrected chi connectivity index (χ2v) is 14.9. The Kier molecular flexibility index (Phi) is 8.30. The van der Waals surface area contributed by atoms with Crippen LogP contribution in [0.2, 0.25) is 0 Å². The normalized spacial score (nSPS) is 13.7. The Hall–Kier alpha value is -6.26. The summed E-state index contributed by atoms with van der Waals surface area (Å²) in [5, 5.41) is 6.22. The maximum Gasteiger partial charge on any atom is 0.145 e. The molecule has 0 saturated heterocycles. The van der Waals surface area contributed by atoms with E-state index in [-0.39, 0.29) is 21.1 Å². The first kappa shape index (κ1) is 35.2. The number of pyridine rings is 1. The predicted octanol–water partition coefficient (Wildman–Crippen LogP) is 11.9. The summed E-state index contributed by atoms with van der Waals surface area (Å²) in [7, 11) is 1.99. The molecule has 278 valence electrons. The molecule has 1 aliphatic heterocycles. The number of hydroxylamine groups is 1. The number of aryl methyl sites for hydroxylation is 2. The Bertz CT molecular complexity index is 2970. The Morgan fingerprint density at radius 1 is 0.596 bits per heavy atom. The van der Waals surface area contributed by atoms with Gasteiger partial charge in [0.1, 0.15) is 17.2 Å². The summed E-state index contributed by atoms with van der Waals surface area (Å²) < 4.78 is 2.29. The Balaban J connectivity index is 0.00000396. The maximum atomic E-state index is 5.04. The zero-order valence-corrected chi connectivity index (χ0v) is 33.9. The molecule has 0 bridgehead atoms. The van der Waals surface area contributed by atoms with E-state index in [0.29, 0.717) is 0 Å². The predicted molar refractivity (Wildman–Crippen MR) is 227 cm³/mol. The van der Waals surface area contributed by atoms with Crippen molar-refractivity contribution >= 4 is 38.9 Å². The molecule has 9 aromatic rings. The molecule has 0 fully saturated rings. The average Bonchev–Trinajstić information content (AvgIpc) is 3.87. The molecule has 0 radical (unpaired) electrons. The Labute approximate surface area is 346 Å². The summed E-state index contributed by atoms with van der Waals surface area (Å²) in [5.41, 5.74) is 16.1. The third-order valence-corrected chi connectivity index (χ3v) is 11.8. The van der Waals surface area contributed by atoms with Crippen LogP contribution < -0.4 is 10.1 Å². The second-order valence-electron chi connectivity index (χ2n) is 14.9. The number of hydrogen-bond donors (Lipinski definition) is 0. The molecule has 7 aromatic carbocycles. The van der Waals surface area contributed by atoms with E-state index >= 15 is 0 Å². The van der Waals surface area contributed by atoms with Crippen molar-refractivity contribution in [3.63, 3.8) is 0 Å². The van der Waals surface area contributed by atoms with Crippen molar-refractivity contribution in [3.8, 4) is 28.1 Å². The van der Waals surface area contributed by atoms with E-state index in [1.54, 1.807) is 0 Å². The summed E-state index contributed by atoms with van der Waals surface area (Å²) >= 11 is 0. The molecule has 6 heteroatoms. The molecule has 0 amide bonds. The van der Waals surface area contributed by atoms with Gasteiger partial charge in [0, 0.05) is 43.9 Å². The SMILES string of the molecule is Cc1cccc(C)c1-c1ccnc(-n2c3[c-]c(C4(c5[c-]c(N6[OH+]N(C)c7ccccc76)ccc5)c5ccccc5-c5ccccc54)ccc3c3ccccc32)c1.[Pt]. The number of para-hydroxylation sites is 3. The molecular weight excluding hydrogens is 880 g/mol. The molecule has 3 heterocycles. The van der Waals surface area contributed by atoms with Crippen LogP contribution in [0, 0.1) is 26.0 Å². The first-order chi connectivity index (χ1) is 27.5. The third-order valence-electron chi connectivity index (χ3n) is 11.8.